The Morgan fingerprint density at radius 3 is 2.55 bits per heavy atom. The normalized spacial score (nSPS) is 25.2. The first-order valence-corrected chi connectivity index (χ1v) is 15.2. The van der Waals surface area contributed by atoms with Gasteiger partial charge < -0.3 is 29.6 Å². The molecule has 2 heterocycles. The second kappa shape index (κ2) is 12.0. The van der Waals surface area contributed by atoms with Crippen LogP contribution in [0, 0.1) is 5.92 Å². The van der Waals surface area contributed by atoms with Crippen molar-refractivity contribution in [2.24, 2.45) is 11.1 Å². The zero-order chi connectivity index (χ0) is 29.3. The van der Waals surface area contributed by atoms with Crippen LogP contribution in [-0.2, 0) is 29.9 Å². The summed E-state index contributed by atoms with van der Waals surface area (Å²) >= 11 is 3.75. The van der Waals surface area contributed by atoms with Crippen molar-refractivity contribution in [1.29, 1.82) is 0 Å². The fourth-order valence-electron chi connectivity index (χ4n) is 6.95. The lowest BCUT2D eigenvalue weighted by molar-refractivity contribution is 0.0488. The SMILES string of the molecule is COc1cc2c3c(c1Br)O[C@@H]1C/C(=N/OCc4ccccc4)C[C@@H](C)[C@]31C[C@@H](CO)N(C(=O)NCc1ccccc1)C2. The van der Waals surface area contributed by atoms with E-state index >= 15 is 0 Å². The van der Waals surface area contributed by atoms with Gasteiger partial charge in [0.15, 0.2) is 0 Å². The van der Waals surface area contributed by atoms with Gasteiger partial charge in [-0.05, 0) is 57.4 Å². The summed E-state index contributed by atoms with van der Waals surface area (Å²) in [5.41, 5.74) is 4.70. The van der Waals surface area contributed by atoms with Gasteiger partial charge in [0.1, 0.15) is 28.7 Å². The molecular weight excluding hydrogens is 598 g/mol. The smallest absolute Gasteiger partial charge is 0.318 e. The highest BCUT2D eigenvalue weighted by molar-refractivity contribution is 9.10. The van der Waals surface area contributed by atoms with E-state index in [1.165, 1.54) is 0 Å². The molecule has 3 aromatic carbocycles. The summed E-state index contributed by atoms with van der Waals surface area (Å²) in [6, 6.07) is 21.2. The fourth-order valence-corrected chi connectivity index (χ4v) is 7.52. The highest BCUT2D eigenvalue weighted by atomic mass is 79.9. The standard InChI is InChI=1S/C33H36BrN3O5/c1-21-13-25(36-41-20-23-11-7-4-8-12-23)15-28-33(21)16-26(19-38)37(32(39)35-17-22-9-5-3-6-10-22)18-24-14-27(40-2)30(34)31(42-28)29(24)33/h3-12,14,21,26,28,38H,13,15-20H2,1-2H3,(H,35,39)/b36-25+/t21-,26+,28-,33+/m1/s1. The number of aliphatic hydroxyl groups excluding tert-OH is 1. The van der Waals surface area contributed by atoms with E-state index in [9.17, 15) is 9.90 Å². The Balaban J connectivity index is 1.32. The zero-order valence-corrected chi connectivity index (χ0v) is 25.5. The number of nitrogens with zero attached hydrogens (tertiary/aromatic N) is 2. The van der Waals surface area contributed by atoms with Crippen LogP contribution in [0.4, 0.5) is 4.79 Å². The third-order valence-electron chi connectivity index (χ3n) is 9.01. The van der Waals surface area contributed by atoms with Gasteiger partial charge in [-0.3, -0.25) is 0 Å². The molecule has 0 aromatic heterocycles. The van der Waals surface area contributed by atoms with Gasteiger partial charge >= 0.3 is 6.03 Å². The van der Waals surface area contributed by atoms with Crippen molar-refractivity contribution in [1.82, 2.24) is 10.2 Å². The number of rotatable bonds is 7. The number of oxime groups is 1. The average molecular weight is 635 g/mol. The summed E-state index contributed by atoms with van der Waals surface area (Å²) < 4.78 is 13.2. The first-order valence-electron chi connectivity index (χ1n) is 14.4. The molecule has 0 unspecified atom stereocenters. The number of carbonyl (C=O) groups is 1. The van der Waals surface area contributed by atoms with Crippen LogP contribution in [0.2, 0.25) is 0 Å². The zero-order valence-electron chi connectivity index (χ0n) is 23.9. The van der Waals surface area contributed by atoms with Gasteiger partial charge in [-0.25, -0.2) is 4.79 Å². The number of hydrogen-bond acceptors (Lipinski definition) is 6. The predicted molar refractivity (Wildman–Crippen MR) is 164 cm³/mol. The fraction of sp³-hybridized carbons (Fsp3) is 0.394. The first kappa shape index (κ1) is 28.6. The monoisotopic (exact) mass is 633 g/mol. The Hall–Kier alpha value is -3.56. The largest absolute Gasteiger partial charge is 0.495 e. The number of benzene rings is 3. The maximum absolute atomic E-state index is 13.7. The van der Waals surface area contributed by atoms with E-state index in [2.05, 4.69) is 33.3 Å². The van der Waals surface area contributed by atoms with E-state index in [1.54, 1.807) is 12.0 Å². The average Bonchev–Trinajstić information content (AvgIpc) is 3.27. The van der Waals surface area contributed by atoms with E-state index in [0.717, 1.165) is 44.6 Å². The molecule has 1 spiro atoms. The Bertz CT molecular complexity index is 1470. The van der Waals surface area contributed by atoms with E-state index in [1.807, 2.05) is 66.7 Å². The molecule has 42 heavy (non-hydrogen) atoms. The first-order chi connectivity index (χ1) is 20.4. The summed E-state index contributed by atoms with van der Waals surface area (Å²) in [6.07, 6.45) is 1.68. The third kappa shape index (κ3) is 5.13. The van der Waals surface area contributed by atoms with Crippen molar-refractivity contribution < 1.29 is 24.2 Å². The van der Waals surface area contributed by atoms with Crippen molar-refractivity contribution in [2.45, 2.75) is 63.4 Å². The predicted octanol–water partition coefficient (Wildman–Crippen LogP) is 5.94. The van der Waals surface area contributed by atoms with E-state index in [4.69, 9.17) is 14.3 Å². The topological polar surface area (TPSA) is 92.6 Å². The number of nitrogens with one attached hydrogen (secondary N) is 1. The molecular formula is C33H36BrN3O5. The van der Waals surface area contributed by atoms with Crippen LogP contribution < -0.4 is 14.8 Å². The quantitative estimate of drug-likeness (QED) is 0.314. The molecule has 9 heteroatoms. The minimum absolute atomic E-state index is 0.122. The summed E-state index contributed by atoms with van der Waals surface area (Å²) in [7, 11) is 1.63. The molecule has 1 fully saturated rings. The lowest BCUT2D eigenvalue weighted by atomic mass is 9.59. The molecule has 0 saturated heterocycles. The molecule has 0 bridgehead atoms. The number of carbonyl (C=O) groups excluding carboxylic acids is 1. The van der Waals surface area contributed by atoms with Crippen LogP contribution in [0.3, 0.4) is 0 Å². The van der Waals surface area contributed by atoms with Crippen LogP contribution in [0.1, 0.15) is 48.4 Å². The van der Waals surface area contributed by atoms with Gasteiger partial charge in [-0.1, -0.05) is 72.7 Å². The van der Waals surface area contributed by atoms with Gasteiger partial charge in [0.05, 0.1) is 25.5 Å². The van der Waals surface area contributed by atoms with Crippen molar-refractivity contribution in [2.75, 3.05) is 13.7 Å². The Kier molecular flexibility index (Phi) is 8.14. The Morgan fingerprint density at radius 2 is 1.86 bits per heavy atom. The lowest BCUT2D eigenvalue weighted by Gasteiger charge is -2.45. The van der Waals surface area contributed by atoms with E-state index < -0.39 is 11.5 Å². The Labute approximate surface area is 254 Å². The maximum atomic E-state index is 13.7. The molecule has 1 aliphatic carbocycles. The van der Waals surface area contributed by atoms with Gasteiger partial charge in [0.2, 0.25) is 0 Å². The number of halogens is 1. The van der Waals surface area contributed by atoms with Crippen molar-refractivity contribution in [3.63, 3.8) is 0 Å². The van der Waals surface area contributed by atoms with Gasteiger partial charge in [-0.15, -0.1) is 0 Å². The van der Waals surface area contributed by atoms with Crippen molar-refractivity contribution in [3.8, 4) is 11.5 Å². The minimum atomic E-state index is -0.417. The molecule has 220 valence electrons. The molecule has 0 radical (unpaired) electrons. The molecule has 4 atom stereocenters. The van der Waals surface area contributed by atoms with E-state index in [0.29, 0.717) is 38.3 Å². The van der Waals surface area contributed by atoms with Gasteiger partial charge in [0.25, 0.3) is 0 Å². The molecule has 1 saturated carbocycles. The molecule has 3 aromatic rings. The van der Waals surface area contributed by atoms with E-state index in [-0.39, 0.29) is 24.7 Å². The summed E-state index contributed by atoms with van der Waals surface area (Å²) in [4.78, 5) is 21.2. The second-order valence-corrected chi connectivity index (χ2v) is 12.2. The van der Waals surface area contributed by atoms with Crippen LogP contribution in [0.25, 0.3) is 0 Å². The number of ether oxygens (including phenoxy) is 2. The molecule has 3 aliphatic rings. The molecule has 6 rings (SSSR count). The number of urea groups is 1. The van der Waals surface area contributed by atoms with Crippen LogP contribution in [0.5, 0.6) is 11.5 Å². The van der Waals surface area contributed by atoms with Crippen LogP contribution >= 0.6 is 15.9 Å². The van der Waals surface area contributed by atoms with Gasteiger partial charge in [0, 0.05) is 30.5 Å². The highest BCUT2D eigenvalue weighted by Crippen LogP contribution is 2.60. The lowest BCUT2D eigenvalue weighted by Crippen LogP contribution is -2.54. The van der Waals surface area contributed by atoms with Crippen LogP contribution in [0.15, 0.2) is 76.4 Å². The number of aliphatic hydroxyl groups is 1. The van der Waals surface area contributed by atoms with Crippen molar-refractivity contribution >= 4 is 27.7 Å². The second-order valence-electron chi connectivity index (χ2n) is 11.4. The van der Waals surface area contributed by atoms with Crippen molar-refractivity contribution in [3.05, 3.63) is 93.5 Å². The summed E-state index contributed by atoms with van der Waals surface area (Å²) in [5, 5.41) is 18.3. The molecule has 2 aliphatic heterocycles. The minimum Gasteiger partial charge on any atom is -0.495 e. The maximum Gasteiger partial charge on any atom is 0.318 e. The number of amides is 2. The van der Waals surface area contributed by atoms with Crippen LogP contribution in [-0.4, -0.2) is 47.6 Å². The molecule has 2 N–H and O–H groups in total. The number of hydrogen-bond donors (Lipinski definition) is 2. The van der Waals surface area contributed by atoms with Gasteiger partial charge in [-0.2, -0.15) is 0 Å². The Morgan fingerprint density at radius 1 is 1.14 bits per heavy atom. The molecule has 2 amide bonds. The molecule has 8 nitrogen and oxygen atoms in total. The third-order valence-corrected chi connectivity index (χ3v) is 9.76. The summed E-state index contributed by atoms with van der Waals surface area (Å²) in [6.45, 7) is 3.22. The highest BCUT2D eigenvalue weighted by Gasteiger charge is 2.59. The summed E-state index contributed by atoms with van der Waals surface area (Å²) in [5.74, 6) is 1.53. The number of methoxy groups -OCH3 is 1.